The van der Waals surface area contributed by atoms with Gasteiger partial charge < -0.3 is 15.0 Å². The van der Waals surface area contributed by atoms with E-state index in [0.29, 0.717) is 12.3 Å². The quantitative estimate of drug-likeness (QED) is 0.800. The van der Waals surface area contributed by atoms with Crippen molar-refractivity contribution in [2.45, 2.75) is 13.8 Å². The predicted octanol–water partition coefficient (Wildman–Crippen LogP) is 3.44. The third-order valence-corrected chi connectivity index (χ3v) is 3.84. The number of rotatable bonds is 8. The first-order valence-corrected chi connectivity index (χ1v) is 8.55. The molecule has 0 saturated heterocycles. The summed E-state index contributed by atoms with van der Waals surface area (Å²) in [5.74, 6) is 0.598. The number of nitrogens with zero attached hydrogens (tertiary/aromatic N) is 1. The first-order valence-electron chi connectivity index (χ1n) is 8.55. The molecule has 1 N–H and O–H groups in total. The minimum Gasteiger partial charge on any atom is -0.484 e. The Morgan fingerprint density at radius 1 is 1.00 bits per heavy atom. The van der Waals surface area contributed by atoms with Crippen molar-refractivity contribution in [2.75, 3.05) is 33.8 Å². The zero-order chi connectivity index (χ0) is 18.3. The van der Waals surface area contributed by atoms with Crippen LogP contribution in [0.5, 0.6) is 5.75 Å². The Balaban J connectivity index is 1.80. The van der Waals surface area contributed by atoms with Crippen LogP contribution in [0.3, 0.4) is 0 Å². The standard InChI is InChI=1S/C21H28N2O2/c1-21(2,16-23(3)4)15-22-20(24)14-25-19-12-10-18(11-13-19)17-8-6-5-7-9-17/h5-13H,14-16H2,1-4H3,(H,22,24). The highest BCUT2D eigenvalue weighted by atomic mass is 16.5. The minimum atomic E-state index is -0.0982. The molecule has 0 fully saturated rings. The third kappa shape index (κ3) is 6.59. The van der Waals surface area contributed by atoms with Crippen LogP contribution in [0.15, 0.2) is 54.6 Å². The molecule has 0 saturated carbocycles. The molecule has 2 rings (SSSR count). The number of benzene rings is 2. The van der Waals surface area contributed by atoms with E-state index in [9.17, 15) is 4.79 Å². The average molecular weight is 340 g/mol. The number of hydrogen-bond donors (Lipinski definition) is 1. The van der Waals surface area contributed by atoms with Crippen molar-refractivity contribution in [3.05, 3.63) is 54.6 Å². The maximum atomic E-state index is 12.0. The third-order valence-electron chi connectivity index (χ3n) is 3.84. The van der Waals surface area contributed by atoms with Crippen LogP contribution in [0.4, 0.5) is 0 Å². The van der Waals surface area contributed by atoms with Gasteiger partial charge in [0.15, 0.2) is 6.61 Å². The van der Waals surface area contributed by atoms with Gasteiger partial charge in [0.05, 0.1) is 0 Å². The first kappa shape index (κ1) is 19.0. The number of nitrogens with one attached hydrogen (secondary N) is 1. The summed E-state index contributed by atoms with van der Waals surface area (Å²) in [7, 11) is 4.07. The van der Waals surface area contributed by atoms with Gasteiger partial charge in [-0.2, -0.15) is 0 Å². The van der Waals surface area contributed by atoms with E-state index < -0.39 is 0 Å². The molecule has 134 valence electrons. The largest absolute Gasteiger partial charge is 0.484 e. The van der Waals surface area contributed by atoms with Gasteiger partial charge in [0.2, 0.25) is 0 Å². The second-order valence-corrected chi connectivity index (χ2v) is 7.36. The van der Waals surface area contributed by atoms with E-state index in [0.717, 1.165) is 17.7 Å². The monoisotopic (exact) mass is 340 g/mol. The highest BCUT2D eigenvalue weighted by Gasteiger charge is 2.19. The second kappa shape index (κ2) is 8.67. The molecule has 0 aliphatic rings. The summed E-state index contributed by atoms with van der Waals surface area (Å²) in [4.78, 5) is 14.1. The second-order valence-electron chi connectivity index (χ2n) is 7.36. The van der Waals surface area contributed by atoms with Gasteiger partial charge in [-0.15, -0.1) is 0 Å². The summed E-state index contributed by atoms with van der Waals surface area (Å²) in [6.45, 7) is 5.84. The summed E-state index contributed by atoms with van der Waals surface area (Å²) in [6.07, 6.45) is 0. The molecule has 2 aromatic carbocycles. The lowest BCUT2D eigenvalue weighted by Gasteiger charge is -2.28. The highest BCUT2D eigenvalue weighted by Crippen LogP contribution is 2.22. The maximum Gasteiger partial charge on any atom is 0.257 e. The van der Waals surface area contributed by atoms with Crippen molar-refractivity contribution in [1.82, 2.24) is 10.2 Å². The van der Waals surface area contributed by atoms with Gasteiger partial charge >= 0.3 is 0 Å². The number of amides is 1. The van der Waals surface area contributed by atoms with Gasteiger partial charge in [-0.3, -0.25) is 4.79 Å². The average Bonchev–Trinajstić information content (AvgIpc) is 2.58. The van der Waals surface area contributed by atoms with Gasteiger partial charge in [-0.1, -0.05) is 56.3 Å². The lowest BCUT2D eigenvalue weighted by molar-refractivity contribution is -0.123. The highest BCUT2D eigenvalue weighted by molar-refractivity contribution is 5.77. The fraction of sp³-hybridized carbons (Fsp3) is 0.381. The number of ether oxygens (including phenoxy) is 1. The van der Waals surface area contributed by atoms with E-state index in [2.05, 4.69) is 36.2 Å². The van der Waals surface area contributed by atoms with Crippen molar-refractivity contribution in [1.29, 1.82) is 0 Å². The first-order chi connectivity index (χ1) is 11.9. The summed E-state index contributed by atoms with van der Waals surface area (Å²) in [5, 5.41) is 2.95. The van der Waals surface area contributed by atoms with Crippen molar-refractivity contribution >= 4 is 5.91 Å². The van der Waals surface area contributed by atoms with Gasteiger partial charge in [0.1, 0.15) is 5.75 Å². The Kier molecular flexibility index (Phi) is 6.59. The molecule has 0 aromatic heterocycles. The summed E-state index contributed by atoms with van der Waals surface area (Å²) < 4.78 is 5.58. The predicted molar refractivity (Wildman–Crippen MR) is 103 cm³/mol. The van der Waals surface area contributed by atoms with Gasteiger partial charge in [-0.05, 0) is 42.8 Å². The van der Waals surface area contributed by atoms with Crippen molar-refractivity contribution in [3.8, 4) is 16.9 Å². The van der Waals surface area contributed by atoms with E-state index in [-0.39, 0.29) is 17.9 Å². The molecular formula is C21H28N2O2. The lowest BCUT2D eigenvalue weighted by Crippen LogP contribution is -2.41. The number of hydrogen-bond acceptors (Lipinski definition) is 3. The molecule has 0 aliphatic carbocycles. The summed E-state index contributed by atoms with van der Waals surface area (Å²) >= 11 is 0. The molecule has 4 heteroatoms. The maximum absolute atomic E-state index is 12.0. The van der Waals surface area contributed by atoms with Gasteiger partial charge in [-0.25, -0.2) is 0 Å². The van der Waals surface area contributed by atoms with Crippen molar-refractivity contribution in [3.63, 3.8) is 0 Å². The van der Waals surface area contributed by atoms with E-state index >= 15 is 0 Å². The van der Waals surface area contributed by atoms with E-state index in [1.54, 1.807) is 0 Å². The Bertz CT molecular complexity index is 664. The normalized spacial score (nSPS) is 11.4. The number of carbonyl (C=O) groups excluding carboxylic acids is 1. The fourth-order valence-corrected chi connectivity index (χ4v) is 2.82. The summed E-state index contributed by atoms with van der Waals surface area (Å²) in [6, 6.07) is 18.0. The molecular weight excluding hydrogens is 312 g/mol. The Hall–Kier alpha value is -2.33. The molecule has 0 unspecified atom stereocenters. The van der Waals surface area contributed by atoms with Gasteiger partial charge in [0.25, 0.3) is 5.91 Å². The number of carbonyl (C=O) groups is 1. The van der Waals surface area contributed by atoms with E-state index in [1.807, 2.05) is 56.6 Å². The minimum absolute atomic E-state index is 0.0243. The Morgan fingerprint density at radius 2 is 1.60 bits per heavy atom. The van der Waals surface area contributed by atoms with Crippen LogP contribution >= 0.6 is 0 Å². The topological polar surface area (TPSA) is 41.6 Å². The molecule has 1 amide bonds. The summed E-state index contributed by atoms with van der Waals surface area (Å²) in [5.41, 5.74) is 2.31. The molecule has 0 radical (unpaired) electrons. The smallest absolute Gasteiger partial charge is 0.257 e. The molecule has 0 bridgehead atoms. The lowest BCUT2D eigenvalue weighted by atomic mass is 9.93. The van der Waals surface area contributed by atoms with Crippen LogP contribution in [0.2, 0.25) is 0 Å². The molecule has 25 heavy (non-hydrogen) atoms. The Morgan fingerprint density at radius 3 is 2.20 bits per heavy atom. The van der Waals surface area contributed by atoms with Crippen LogP contribution in [0.25, 0.3) is 11.1 Å². The van der Waals surface area contributed by atoms with Gasteiger partial charge in [0, 0.05) is 13.1 Å². The molecule has 0 spiro atoms. The molecule has 0 atom stereocenters. The zero-order valence-electron chi connectivity index (χ0n) is 15.6. The van der Waals surface area contributed by atoms with E-state index in [1.165, 1.54) is 0 Å². The molecule has 0 heterocycles. The van der Waals surface area contributed by atoms with Crippen LogP contribution < -0.4 is 10.1 Å². The van der Waals surface area contributed by atoms with Crippen LogP contribution in [0, 0.1) is 5.41 Å². The van der Waals surface area contributed by atoms with Crippen molar-refractivity contribution in [2.24, 2.45) is 5.41 Å². The molecule has 4 nitrogen and oxygen atoms in total. The van der Waals surface area contributed by atoms with E-state index in [4.69, 9.17) is 4.74 Å². The Labute approximate surface area is 150 Å². The van der Waals surface area contributed by atoms with Crippen LogP contribution in [-0.4, -0.2) is 44.6 Å². The van der Waals surface area contributed by atoms with Crippen LogP contribution in [0.1, 0.15) is 13.8 Å². The fourth-order valence-electron chi connectivity index (χ4n) is 2.82. The molecule has 2 aromatic rings. The molecule has 0 aliphatic heterocycles. The SMILES string of the molecule is CN(C)CC(C)(C)CNC(=O)COc1ccc(-c2ccccc2)cc1. The van der Waals surface area contributed by atoms with Crippen molar-refractivity contribution < 1.29 is 9.53 Å². The van der Waals surface area contributed by atoms with Crippen LogP contribution in [-0.2, 0) is 4.79 Å². The zero-order valence-corrected chi connectivity index (χ0v) is 15.6.